The van der Waals surface area contributed by atoms with Gasteiger partial charge in [0.1, 0.15) is 0 Å². The van der Waals surface area contributed by atoms with E-state index in [0.717, 1.165) is 6.42 Å². The monoisotopic (exact) mass is 230 g/mol. The standard InChI is InChI=1S/C18H14/c1-12-10-13-6-2-4-8-15(13)18-16-9-5-3-7-14(16)11-17(12)18/h2-10H,11H2,1H3. The highest BCUT2D eigenvalue weighted by Gasteiger charge is 2.21. The summed E-state index contributed by atoms with van der Waals surface area (Å²) in [5.74, 6) is 0. The molecule has 3 aromatic carbocycles. The lowest BCUT2D eigenvalue weighted by Crippen LogP contribution is -1.88. The quantitative estimate of drug-likeness (QED) is 0.410. The number of aryl methyl sites for hydroxylation is 1. The summed E-state index contributed by atoms with van der Waals surface area (Å²) in [6.07, 6.45) is 1.09. The predicted octanol–water partition coefficient (Wildman–Crippen LogP) is 4.72. The van der Waals surface area contributed by atoms with Gasteiger partial charge in [0.05, 0.1) is 0 Å². The van der Waals surface area contributed by atoms with Gasteiger partial charge < -0.3 is 0 Å². The van der Waals surface area contributed by atoms with Gasteiger partial charge in [0, 0.05) is 0 Å². The molecule has 0 atom stereocenters. The van der Waals surface area contributed by atoms with Gasteiger partial charge in [-0.15, -0.1) is 0 Å². The van der Waals surface area contributed by atoms with E-state index in [1.54, 1.807) is 0 Å². The normalized spacial score (nSPS) is 12.5. The van der Waals surface area contributed by atoms with Gasteiger partial charge in [-0.2, -0.15) is 0 Å². The van der Waals surface area contributed by atoms with Crippen LogP contribution in [0, 0.1) is 6.92 Å². The molecule has 0 bridgehead atoms. The largest absolute Gasteiger partial charge is 0.0619 e. The van der Waals surface area contributed by atoms with Crippen molar-refractivity contribution in [2.45, 2.75) is 13.3 Å². The van der Waals surface area contributed by atoms with E-state index in [1.165, 1.54) is 38.6 Å². The summed E-state index contributed by atoms with van der Waals surface area (Å²) in [6.45, 7) is 2.23. The summed E-state index contributed by atoms with van der Waals surface area (Å²) in [7, 11) is 0. The Morgan fingerprint density at radius 2 is 1.67 bits per heavy atom. The van der Waals surface area contributed by atoms with Crippen LogP contribution in [0.3, 0.4) is 0 Å². The molecule has 0 saturated carbocycles. The lowest BCUT2D eigenvalue weighted by molar-refractivity contribution is 1.22. The molecule has 0 radical (unpaired) electrons. The number of fused-ring (bicyclic) bond motifs is 5. The van der Waals surface area contributed by atoms with Crippen molar-refractivity contribution in [3.05, 3.63) is 71.3 Å². The second-order valence-corrected chi connectivity index (χ2v) is 5.10. The van der Waals surface area contributed by atoms with Crippen molar-refractivity contribution in [1.29, 1.82) is 0 Å². The van der Waals surface area contributed by atoms with Crippen LogP contribution >= 0.6 is 0 Å². The first-order chi connectivity index (χ1) is 8.84. The molecular weight excluding hydrogens is 216 g/mol. The Kier molecular flexibility index (Phi) is 1.90. The van der Waals surface area contributed by atoms with E-state index >= 15 is 0 Å². The van der Waals surface area contributed by atoms with Gasteiger partial charge in [0.25, 0.3) is 0 Å². The molecule has 0 heteroatoms. The van der Waals surface area contributed by atoms with Crippen molar-refractivity contribution in [3.8, 4) is 11.1 Å². The fourth-order valence-corrected chi connectivity index (χ4v) is 3.17. The Morgan fingerprint density at radius 3 is 2.61 bits per heavy atom. The van der Waals surface area contributed by atoms with Gasteiger partial charge in [0.15, 0.2) is 0 Å². The minimum atomic E-state index is 1.09. The molecule has 0 N–H and O–H groups in total. The van der Waals surface area contributed by atoms with Crippen LogP contribution in [-0.2, 0) is 6.42 Å². The van der Waals surface area contributed by atoms with Crippen LogP contribution in [0.4, 0.5) is 0 Å². The maximum absolute atomic E-state index is 2.32. The van der Waals surface area contributed by atoms with Crippen molar-refractivity contribution in [3.63, 3.8) is 0 Å². The van der Waals surface area contributed by atoms with Crippen molar-refractivity contribution in [2.24, 2.45) is 0 Å². The Hall–Kier alpha value is -2.08. The van der Waals surface area contributed by atoms with E-state index in [2.05, 4.69) is 61.5 Å². The summed E-state index contributed by atoms with van der Waals surface area (Å²) in [5, 5.41) is 2.74. The van der Waals surface area contributed by atoms with Gasteiger partial charge in [-0.3, -0.25) is 0 Å². The van der Waals surface area contributed by atoms with E-state index in [9.17, 15) is 0 Å². The van der Waals surface area contributed by atoms with E-state index in [4.69, 9.17) is 0 Å². The number of rotatable bonds is 0. The minimum Gasteiger partial charge on any atom is -0.0619 e. The second-order valence-electron chi connectivity index (χ2n) is 5.10. The maximum atomic E-state index is 2.32. The molecule has 0 heterocycles. The zero-order chi connectivity index (χ0) is 12.1. The third-order valence-corrected chi connectivity index (χ3v) is 4.03. The Labute approximate surface area is 107 Å². The van der Waals surface area contributed by atoms with Crippen LogP contribution in [0.2, 0.25) is 0 Å². The molecule has 1 aliphatic rings. The first-order valence-electron chi connectivity index (χ1n) is 6.44. The highest BCUT2D eigenvalue weighted by Crippen LogP contribution is 2.42. The zero-order valence-electron chi connectivity index (χ0n) is 10.4. The SMILES string of the molecule is Cc1cc2ccccc2c2c1Cc1ccccc1-2. The third-order valence-electron chi connectivity index (χ3n) is 4.03. The average molecular weight is 230 g/mol. The summed E-state index contributed by atoms with van der Waals surface area (Å²) in [4.78, 5) is 0. The molecule has 0 amide bonds. The Balaban J connectivity index is 2.20. The second kappa shape index (κ2) is 3.46. The molecule has 0 aliphatic heterocycles. The topological polar surface area (TPSA) is 0 Å². The predicted molar refractivity (Wildman–Crippen MR) is 76.9 cm³/mol. The molecule has 0 unspecified atom stereocenters. The molecule has 0 saturated heterocycles. The maximum Gasteiger partial charge on any atom is -0.00106 e. The van der Waals surface area contributed by atoms with E-state index in [1.807, 2.05) is 0 Å². The van der Waals surface area contributed by atoms with Crippen LogP contribution in [0.5, 0.6) is 0 Å². The minimum absolute atomic E-state index is 1.09. The fraction of sp³-hybridized carbons (Fsp3) is 0.111. The molecule has 0 aromatic heterocycles. The first kappa shape index (κ1) is 9.90. The Bertz CT molecular complexity index is 766. The van der Waals surface area contributed by atoms with Crippen molar-refractivity contribution in [2.75, 3.05) is 0 Å². The summed E-state index contributed by atoms with van der Waals surface area (Å²) in [6, 6.07) is 19.8. The summed E-state index contributed by atoms with van der Waals surface area (Å²) >= 11 is 0. The van der Waals surface area contributed by atoms with Crippen LogP contribution < -0.4 is 0 Å². The van der Waals surface area contributed by atoms with Crippen LogP contribution in [0.25, 0.3) is 21.9 Å². The summed E-state index contributed by atoms with van der Waals surface area (Å²) in [5.41, 5.74) is 7.27. The molecule has 4 rings (SSSR count). The van der Waals surface area contributed by atoms with E-state index < -0.39 is 0 Å². The van der Waals surface area contributed by atoms with Crippen molar-refractivity contribution < 1.29 is 0 Å². The molecule has 0 fully saturated rings. The molecule has 3 aromatic rings. The number of hydrogen-bond donors (Lipinski definition) is 0. The van der Waals surface area contributed by atoms with E-state index in [0.29, 0.717) is 0 Å². The van der Waals surface area contributed by atoms with Gasteiger partial charge in [-0.05, 0) is 51.9 Å². The zero-order valence-corrected chi connectivity index (χ0v) is 10.4. The van der Waals surface area contributed by atoms with Crippen LogP contribution in [-0.4, -0.2) is 0 Å². The first-order valence-corrected chi connectivity index (χ1v) is 6.44. The van der Waals surface area contributed by atoms with Gasteiger partial charge in [-0.25, -0.2) is 0 Å². The Morgan fingerprint density at radius 1 is 0.889 bits per heavy atom. The lowest BCUT2D eigenvalue weighted by Gasteiger charge is -2.09. The van der Waals surface area contributed by atoms with Gasteiger partial charge in [0.2, 0.25) is 0 Å². The molecular formula is C18H14. The van der Waals surface area contributed by atoms with E-state index in [-0.39, 0.29) is 0 Å². The van der Waals surface area contributed by atoms with Crippen molar-refractivity contribution in [1.82, 2.24) is 0 Å². The van der Waals surface area contributed by atoms with Crippen LogP contribution in [0.1, 0.15) is 16.7 Å². The van der Waals surface area contributed by atoms with Crippen LogP contribution in [0.15, 0.2) is 54.6 Å². The third kappa shape index (κ3) is 1.20. The average Bonchev–Trinajstić information content (AvgIpc) is 2.79. The molecule has 0 spiro atoms. The molecule has 86 valence electrons. The molecule has 0 nitrogen and oxygen atoms in total. The highest BCUT2D eigenvalue weighted by atomic mass is 14.2. The van der Waals surface area contributed by atoms with Gasteiger partial charge in [-0.1, -0.05) is 54.6 Å². The summed E-state index contributed by atoms with van der Waals surface area (Å²) < 4.78 is 0. The highest BCUT2D eigenvalue weighted by molar-refractivity contribution is 6.01. The number of benzene rings is 3. The van der Waals surface area contributed by atoms with Gasteiger partial charge >= 0.3 is 0 Å². The fourth-order valence-electron chi connectivity index (χ4n) is 3.17. The molecule has 18 heavy (non-hydrogen) atoms. The van der Waals surface area contributed by atoms with Crippen molar-refractivity contribution >= 4 is 10.8 Å². The lowest BCUT2D eigenvalue weighted by atomic mass is 9.95. The number of hydrogen-bond acceptors (Lipinski definition) is 0. The molecule has 1 aliphatic carbocycles. The smallest absolute Gasteiger partial charge is 0.00106 e.